The molecule has 5 heteroatoms. The summed E-state index contributed by atoms with van der Waals surface area (Å²) in [5.74, 6) is 0.668. The van der Waals surface area contributed by atoms with Crippen molar-refractivity contribution in [1.82, 2.24) is 0 Å². The highest BCUT2D eigenvalue weighted by atomic mass is 16.6. The van der Waals surface area contributed by atoms with Gasteiger partial charge in [0.1, 0.15) is 5.75 Å². The summed E-state index contributed by atoms with van der Waals surface area (Å²) in [6.07, 6.45) is 0.479. The van der Waals surface area contributed by atoms with Crippen LogP contribution in [-0.2, 0) is 6.42 Å². The largest absolute Gasteiger partial charge is 0.496 e. The van der Waals surface area contributed by atoms with Crippen LogP contribution in [0.5, 0.6) is 5.75 Å². The van der Waals surface area contributed by atoms with E-state index in [1.54, 1.807) is 19.2 Å². The van der Waals surface area contributed by atoms with Crippen molar-refractivity contribution in [3.8, 4) is 11.8 Å². The molecule has 0 fully saturated rings. The van der Waals surface area contributed by atoms with E-state index in [-0.39, 0.29) is 11.6 Å². The Balaban J connectivity index is 2.32. The molecule has 2 aromatic carbocycles. The second kappa shape index (κ2) is 7.60. The third kappa shape index (κ3) is 3.90. The molecule has 0 amide bonds. The van der Waals surface area contributed by atoms with E-state index < -0.39 is 4.92 Å². The van der Waals surface area contributed by atoms with Crippen molar-refractivity contribution < 1.29 is 9.66 Å². The molecule has 1 atom stereocenters. The Labute approximate surface area is 141 Å². The molecule has 0 N–H and O–H groups in total. The van der Waals surface area contributed by atoms with Gasteiger partial charge in [-0.2, -0.15) is 5.26 Å². The number of rotatable bonds is 6. The Morgan fingerprint density at radius 2 is 1.88 bits per heavy atom. The lowest BCUT2D eigenvalue weighted by atomic mass is 9.89. The summed E-state index contributed by atoms with van der Waals surface area (Å²) in [7, 11) is 1.59. The highest BCUT2D eigenvalue weighted by molar-refractivity contribution is 5.44. The molecule has 0 heterocycles. The molecule has 0 spiro atoms. The quantitative estimate of drug-likeness (QED) is 0.576. The van der Waals surface area contributed by atoms with Gasteiger partial charge in [0.15, 0.2) is 0 Å². The second-order valence-electron chi connectivity index (χ2n) is 5.97. The molecule has 0 aromatic heterocycles. The summed E-state index contributed by atoms with van der Waals surface area (Å²) in [5.41, 5.74) is 2.93. The molecule has 0 aliphatic heterocycles. The lowest BCUT2D eigenvalue weighted by molar-refractivity contribution is -0.384. The van der Waals surface area contributed by atoms with Crippen LogP contribution in [0, 0.1) is 21.4 Å². The van der Waals surface area contributed by atoms with Gasteiger partial charge in [-0.05, 0) is 29.5 Å². The van der Waals surface area contributed by atoms with Crippen molar-refractivity contribution >= 4 is 5.69 Å². The summed E-state index contributed by atoms with van der Waals surface area (Å²) in [6.45, 7) is 4.20. The van der Waals surface area contributed by atoms with E-state index in [0.29, 0.717) is 18.1 Å². The first kappa shape index (κ1) is 17.5. The van der Waals surface area contributed by atoms with Gasteiger partial charge in [0, 0.05) is 17.7 Å². The molecule has 2 aromatic rings. The third-order valence-corrected chi connectivity index (χ3v) is 4.04. The Kier molecular flexibility index (Phi) is 5.54. The smallest absolute Gasteiger partial charge is 0.269 e. The van der Waals surface area contributed by atoms with Crippen LogP contribution in [0.1, 0.15) is 42.4 Å². The number of nitro benzene ring substituents is 1. The minimum absolute atomic E-state index is 0.0478. The van der Waals surface area contributed by atoms with Gasteiger partial charge in [-0.1, -0.05) is 38.1 Å². The van der Waals surface area contributed by atoms with Crippen molar-refractivity contribution in [2.24, 2.45) is 0 Å². The van der Waals surface area contributed by atoms with Crippen LogP contribution in [0.4, 0.5) is 5.69 Å². The SMILES string of the molecule is COc1ccc(C(C)C)cc1C(C#N)Cc1ccc([N+](=O)[O-])cc1. The summed E-state index contributed by atoms with van der Waals surface area (Å²) in [5, 5.41) is 20.4. The number of nitriles is 1. The molecule has 5 nitrogen and oxygen atoms in total. The van der Waals surface area contributed by atoms with Crippen LogP contribution in [0.3, 0.4) is 0 Å². The molecule has 24 heavy (non-hydrogen) atoms. The first-order chi connectivity index (χ1) is 11.5. The molecule has 124 valence electrons. The number of ether oxygens (including phenoxy) is 1. The maximum Gasteiger partial charge on any atom is 0.269 e. The molecular weight excluding hydrogens is 304 g/mol. The predicted molar refractivity (Wildman–Crippen MR) is 92.2 cm³/mol. The van der Waals surface area contributed by atoms with Crippen LogP contribution in [-0.4, -0.2) is 12.0 Å². The number of methoxy groups -OCH3 is 1. The first-order valence-electron chi connectivity index (χ1n) is 7.77. The van der Waals surface area contributed by atoms with E-state index in [1.165, 1.54) is 12.1 Å². The fraction of sp³-hybridized carbons (Fsp3) is 0.316. The van der Waals surface area contributed by atoms with Crippen LogP contribution in [0.25, 0.3) is 0 Å². The summed E-state index contributed by atoms with van der Waals surface area (Å²) < 4.78 is 5.41. The van der Waals surface area contributed by atoms with Crippen molar-refractivity contribution in [3.05, 3.63) is 69.3 Å². The molecule has 0 saturated carbocycles. The summed E-state index contributed by atoms with van der Waals surface area (Å²) in [6, 6.07) is 14.6. The zero-order valence-electron chi connectivity index (χ0n) is 14.0. The van der Waals surface area contributed by atoms with Gasteiger partial charge < -0.3 is 4.74 Å². The normalized spacial score (nSPS) is 11.8. The number of non-ortho nitro benzene ring substituents is 1. The van der Waals surface area contributed by atoms with Gasteiger partial charge in [-0.25, -0.2) is 0 Å². The molecule has 0 aliphatic rings. The highest BCUT2D eigenvalue weighted by Crippen LogP contribution is 2.32. The first-order valence-corrected chi connectivity index (χ1v) is 7.77. The van der Waals surface area contributed by atoms with Crippen LogP contribution >= 0.6 is 0 Å². The van der Waals surface area contributed by atoms with Crippen molar-refractivity contribution in [2.75, 3.05) is 7.11 Å². The number of hydrogen-bond acceptors (Lipinski definition) is 4. The molecule has 0 bridgehead atoms. The molecule has 0 radical (unpaired) electrons. The zero-order chi connectivity index (χ0) is 17.7. The van der Waals surface area contributed by atoms with E-state index in [2.05, 4.69) is 19.9 Å². The average molecular weight is 324 g/mol. The molecule has 0 aliphatic carbocycles. The lowest BCUT2D eigenvalue weighted by Gasteiger charge is -2.16. The van der Waals surface area contributed by atoms with Crippen LogP contribution in [0.15, 0.2) is 42.5 Å². The number of benzene rings is 2. The Morgan fingerprint density at radius 1 is 1.21 bits per heavy atom. The van der Waals surface area contributed by atoms with Gasteiger partial charge in [0.05, 0.1) is 24.0 Å². The zero-order valence-corrected chi connectivity index (χ0v) is 14.0. The highest BCUT2D eigenvalue weighted by Gasteiger charge is 2.18. The van der Waals surface area contributed by atoms with E-state index in [9.17, 15) is 15.4 Å². The maximum atomic E-state index is 10.7. The predicted octanol–water partition coefficient (Wildman–Crippen LogP) is 4.58. The molecule has 2 rings (SSSR count). The fourth-order valence-corrected chi connectivity index (χ4v) is 2.60. The van der Waals surface area contributed by atoms with E-state index in [4.69, 9.17) is 4.74 Å². The van der Waals surface area contributed by atoms with Crippen molar-refractivity contribution in [3.63, 3.8) is 0 Å². The minimum atomic E-state index is -0.430. The average Bonchev–Trinajstić information content (AvgIpc) is 2.59. The second-order valence-corrected chi connectivity index (χ2v) is 5.97. The van der Waals surface area contributed by atoms with Gasteiger partial charge >= 0.3 is 0 Å². The molecule has 0 saturated heterocycles. The van der Waals surface area contributed by atoms with Gasteiger partial charge in [0.2, 0.25) is 0 Å². The fourth-order valence-electron chi connectivity index (χ4n) is 2.60. The lowest BCUT2D eigenvalue weighted by Crippen LogP contribution is -2.05. The standard InChI is InChI=1S/C19H20N2O3/c1-13(2)15-6-9-19(24-3)18(11-15)16(12-20)10-14-4-7-17(8-5-14)21(22)23/h4-9,11,13,16H,10H2,1-3H3. The molecule has 1 unspecified atom stereocenters. The third-order valence-electron chi connectivity index (χ3n) is 4.04. The van der Waals surface area contributed by atoms with E-state index in [1.807, 2.05) is 18.2 Å². The van der Waals surface area contributed by atoms with E-state index in [0.717, 1.165) is 16.7 Å². The van der Waals surface area contributed by atoms with E-state index >= 15 is 0 Å². The Hall–Kier alpha value is -2.87. The molecular formula is C19H20N2O3. The maximum absolute atomic E-state index is 10.7. The monoisotopic (exact) mass is 324 g/mol. The Morgan fingerprint density at radius 3 is 2.38 bits per heavy atom. The van der Waals surface area contributed by atoms with Gasteiger partial charge in [-0.15, -0.1) is 0 Å². The van der Waals surface area contributed by atoms with Crippen molar-refractivity contribution in [1.29, 1.82) is 5.26 Å². The number of nitrogens with zero attached hydrogens (tertiary/aromatic N) is 2. The van der Waals surface area contributed by atoms with Gasteiger partial charge in [0.25, 0.3) is 5.69 Å². The van der Waals surface area contributed by atoms with Crippen LogP contribution in [0.2, 0.25) is 0 Å². The minimum Gasteiger partial charge on any atom is -0.496 e. The topological polar surface area (TPSA) is 76.2 Å². The number of hydrogen-bond donors (Lipinski definition) is 0. The van der Waals surface area contributed by atoms with Crippen LogP contribution < -0.4 is 4.74 Å². The van der Waals surface area contributed by atoms with Crippen molar-refractivity contribution in [2.45, 2.75) is 32.1 Å². The summed E-state index contributed by atoms with van der Waals surface area (Å²) >= 11 is 0. The van der Waals surface area contributed by atoms with Gasteiger partial charge in [-0.3, -0.25) is 10.1 Å². The Bertz CT molecular complexity index is 761. The summed E-state index contributed by atoms with van der Waals surface area (Å²) in [4.78, 5) is 10.3. The number of nitro groups is 1.